The number of amides is 2. The van der Waals surface area contributed by atoms with Crippen molar-refractivity contribution in [2.24, 2.45) is 5.92 Å². The summed E-state index contributed by atoms with van der Waals surface area (Å²) in [5.74, 6) is -0.0700. The molecule has 0 unspecified atom stereocenters. The lowest BCUT2D eigenvalue weighted by molar-refractivity contribution is -0.120. The zero-order valence-corrected chi connectivity index (χ0v) is 15.6. The fourth-order valence-corrected chi connectivity index (χ4v) is 2.95. The Balaban J connectivity index is 0.00000243. The second-order valence-corrected chi connectivity index (χ2v) is 6.36. The molecule has 0 saturated carbocycles. The first-order valence-corrected chi connectivity index (χ1v) is 8.62. The number of nitrogens with one attached hydrogen (secondary N) is 3. The van der Waals surface area contributed by atoms with Crippen molar-refractivity contribution in [1.29, 1.82) is 0 Å². The van der Waals surface area contributed by atoms with Gasteiger partial charge in [-0.25, -0.2) is 0 Å². The van der Waals surface area contributed by atoms with Crippen molar-refractivity contribution in [3.8, 4) is 0 Å². The van der Waals surface area contributed by atoms with Gasteiger partial charge in [0.15, 0.2) is 0 Å². The van der Waals surface area contributed by atoms with Crippen LogP contribution in [0, 0.1) is 12.8 Å². The van der Waals surface area contributed by atoms with Crippen LogP contribution in [0.4, 0.5) is 11.4 Å². The van der Waals surface area contributed by atoms with Gasteiger partial charge >= 0.3 is 0 Å². The first-order chi connectivity index (χ1) is 12.1. The van der Waals surface area contributed by atoms with Crippen LogP contribution in [-0.4, -0.2) is 24.9 Å². The van der Waals surface area contributed by atoms with Crippen LogP contribution in [0.25, 0.3) is 0 Å². The van der Waals surface area contributed by atoms with Gasteiger partial charge in [-0.05, 0) is 62.7 Å². The molecule has 2 aromatic rings. The number of carbonyl (C=O) groups is 2. The van der Waals surface area contributed by atoms with E-state index >= 15 is 0 Å². The minimum Gasteiger partial charge on any atom is -0.326 e. The van der Waals surface area contributed by atoms with Crippen molar-refractivity contribution < 1.29 is 9.59 Å². The Morgan fingerprint density at radius 1 is 1.00 bits per heavy atom. The minimum atomic E-state index is -0.167. The Morgan fingerprint density at radius 3 is 2.38 bits per heavy atom. The van der Waals surface area contributed by atoms with Gasteiger partial charge in [-0.3, -0.25) is 9.59 Å². The zero-order chi connectivity index (χ0) is 17.6. The van der Waals surface area contributed by atoms with Crippen LogP contribution in [0.3, 0.4) is 0 Å². The molecule has 3 N–H and O–H groups in total. The van der Waals surface area contributed by atoms with Gasteiger partial charge in [-0.15, -0.1) is 12.4 Å². The molecule has 0 spiro atoms. The monoisotopic (exact) mass is 373 g/mol. The second kappa shape index (κ2) is 9.36. The van der Waals surface area contributed by atoms with E-state index in [0.29, 0.717) is 11.3 Å². The number of aryl methyl sites for hydroxylation is 1. The summed E-state index contributed by atoms with van der Waals surface area (Å²) in [5, 5.41) is 9.16. The lowest BCUT2D eigenvalue weighted by atomic mass is 9.97. The Morgan fingerprint density at radius 2 is 1.69 bits per heavy atom. The zero-order valence-electron chi connectivity index (χ0n) is 14.7. The number of benzene rings is 2. The molecular weight excluding hydrogens is 350 g/mol. The molecule has 0 aliphatic carbocycles. The number of piperidine rings is 1. The molecule has 6 heteroatoms. The van der Waals surface area contributed by atoms with Crippen molar-refractivity contribution in [2.45, 2.75) is 19.8 Å². The third-order valence-electron chi connectivity index (χ3n) is 4.50. The van der Waals surface area contributed by atoms with Gasteiger partial charge < -0.3 is 16.0 Å². The maximum absolute atomic E-state index is 12.4. The van der Waals surface area contributed by atoms with Crippen LogP contribution in [0.2, 0.25) is 0 Å². The third-order valence-corrected chi connectivity index (χ3v) is 4.50. The van der Waals surface area contributed by atoms with Crippen LogP contribution in [-0.2, 0) is 4.79 Å². The Labute approximate surface area is 160 Å². The van der Waals surface area contributed by atoms with Crippen molar-refractivity contribution in [3.63, 3.8) is 0 Å². The smallest absolute Gasteiger partial charge is 0.255 e. The molecule has 0 aromatic heterocycles. The summed E-state index contributed by atoms with van der Waals surface area (Å²) >= 11 is 0. The van der Waals surface area contributed by atoms with Crippen molar-refractivity contribution >= 4 is 35.6 Å². The van der Waals surface area contributed by atoms with Crippen LogP contribution in [0.1, 0.15) is 28.8 Å². The van der Waals surface area contributed by atoms with E-state index in [2.05, 4.69) is 16.0 Å². The van der Waals surface area contributed by atoms with E-state index in [-0.39, 0.29) is 30.1 Å². The normalized spacial score (nSPS) is 14.2. The maximum Gasteiger partial charge on any atom is 0.255 e. The first kappa shape index (κ1) is 19.9. The van der Waals surface area contributed by atoms with E-state index in [9.17, 15) is 9.59 Å². The Hall–Kier alpha value is -2.37. The fraction of sp³-hybridized carbons (Fsp3) is 0.300. The largest absolute Gasteiger partial charge is 0.326 e. The molecule has 1 aliphatic rings. The molecule has 2 aromatic carbocycles. The number of carbonyl (C=O) groups excluding carboxylic acids is 2. The van der Waals surface area contributed by atoms with Gasteiger partial charge in [-0.1, -0.05) is 24.3 Å². The van der Waals surface area contributed by atoms with Crippen LogP contribution >= 0.6 is 12.4 Å². The summed E-state index contributed by atoms with van der Waals surface area (Å²) in [4.78, 5) is 24.7. The van der Waals surface area contributed by atoms with Gasteiger partial charge in [0.25, 0.3) is 5.91 Å². The van der Waals surface area contributed by atoms with E-state index < -0.39 is 0 Å². The highest BCUT2D eigenvalue weighted by atomic mass is 35.5. The summed E-state index contributed by atoms with van der Waals surface area (Å²) in [6.45, 7) is 3.70. The van der Waals surface area contributed by atoms with Gasteiger partial charge in [0, 0.05) is 22.9 Å². The quantitative estimate of drug-likeness (QED) is 0.766. The Kier molecular flexibility index (Phi) is 7.18. The number of anilines is 2. The number of hydrogen-bond donors (Lipinski definition) is 3. The Bertz CT molecular complexity index is 759. The minimum absolute atomic E-state index is 0. The van der Waals surface area contributed by atoms with E-state index in [1.165, 1.54) is 0 Å². The standard InChI is InChI=1S/C20H23N3O2.ClH/c1-14-7-8-17(22-19(24)15-5-3-2-4-6-15)13-18(14)23-20(25)16-9-11-21-12-10-16;/h2-8,13,16,21H,9-12H2,1H3,(H,22,24)(H,23,25);1H. The molecule has 0 radical (unpaired) electrons. The van der Waals surface area contributed by atoms with Crippen LogP contribution in [0.5, 0.6) is 0 Å². The summed E-state index contributed by atoms with van der Waals surface area (Å²) < 4.78 is 0. The van der Waals surface area contributed by atoms with Gasteiger partial charge in [0.05, 0.1) is 0 Å². The number of hydrogen-bond acceptors (Lipinski definition) is 3. The average Bonchev–Trinajstić information content (AvgIpc) is 2.66. The predicted octanol–water partition coefficient (Wildman–Crippen LogP) is 3.61. The van der Waals surface area contributed by atoms with Crippen LogP contribution in [0.15, 0.2) is 48.5 Å². The highest BCUT2D eigenvalue weighted by Gasteiger charge is 2.21. The number of halogens is 1. The first-order valence-electron chi connectivity index (χ1n) is 8.62. The highest BCUT2D eigenvalue weighted by molar-refractivity contribution is 6.04. The summed E-state index contributed by atoms with van der Waals surface area (Å²) in [6, 6.07) is 14.6. The third kappa shape index (κ3) is 5.07. The lowest BCUT2D eigenvalue weighted by Gasteiger charge is -2.22. The lowest BCUT2D eigenvalue weighted by Crippen LogP contribution is -2.34. The van der Waals surface area contributed by atoms with Crippen molar-refractivity contribution in [2.75, 3.05) is 23.7 Å². The molecule has 2 amide bonds. The molecule has 26 heavy (non-hydrogen) atoms. The van der Waals surface area contributed by atoms with E-state index in [1.54, 1.807) is 12.1 Å². The van der Waals surface area contributed by atoms with Gasteiger partial charge in [0.1, 0.15) is 0 Å². The molecule has 5 nitrogen and oxygen atoms in total. The molecule has 1 heterocycles. The average molecular weight is 374 g/mol. The molecule has 1 fully saturated rings. The second-order valence-electron chi connectivity index (χ2n) is 6.36. The van der Waals surface area contributed by atoms with Crippen molar-refractivity contribution in [1.82, 2.24) is 5.32 Å². The topological polar surface area (TPSA) is 70.2 Å². The molecule has 0 atom stereocenters. The van der Waals surface area contributed by atoms with Crippen LogP contribution < -0.4 is 16.0 Å². The number of rotatable bonds is 4. The molecular formula is C20H24ClN3O2. The summed E-state index contributed by atoms with van der Waals surface area (Å²) in [5.41, 5.74) is 2.98. The summed E-state index contributed by atoms with van der Waals surface area (Å²) in [7, 11) is 0. The fourth-order valence-electron chi connectivity index (χ4n) is 2.95. The molecule has 138 valence electrons. The maximum atomic E-state index is 12.4. The SMILES string of the molecule is Cc1ccc(NC(=O)c2ccccc2)cc1NC(=O)C1CCNCC1.Cl. The van der Waals surface area contributed by atoms with Crippen molar-refractivity contribution in [3.05, 3.63) is 59.7 Å². The van der Waals surface area contributed by atoms with E-state index in [1.807, 2.05) is 43.3 Å². The molecule has 1 saturated heterocycles. The van der Waals surface area contributed by atoms with E-state index in [0.717, 1.165) is 37.2 Å². The van der Waals surface area contributed by atoms with Gasteiger partial charge in [0.2, 0.25) is 5.91 Å². The van der Waals surface area contributed by atoms with E-state index in [4.69, 9.17) is 0 Å². The molecule has 1 aliphatic heterocycles. The summed E-state index contributed by atoms with van der Waals surface area (Å²) in [6.07, 6.45) is 1.71. The molecule has 3 rings (SSSR count). The highest BCUT2D eigenvalue weighted by Crippen LogP contribution is 2.23. The predicted molar refractivity (Wildman–Crippen MR) is 107 cm³/mol. The molecule has 0 bridgehead atoms. The van der Waals surface area contributed by atoms with Gasteiger partial charge in [-0.2, -0.15) is 0 Å².